The van der Waals surface area contributed by atoms with Gasteiger partial charge in [0, 0.05) is 62.9 Å². The summed E-state index contributed by atoms with van der Waals surface area (Å²) in [4.78, 5) is 40.7. The van der Waals surface area contributed by atoms with Gasteiger partial charge in [0.05, 0.1) is 7.11 Å². The molecule has 1 amide bonds. The second-order valence-electron chi connectivity index (χ2n) is 10.8. The normalized spacial score (nSPS) is 19.5. The lowest BCUT2D eigenvalue weighted by molar-refractivity contribution is -0.148. The van der Waals surface area contributed by atoms with E-state index in [0.717, 1.165) is 44.5 Å². The van der Waals surface area contributed by atoms with Gasteiger partial charge in [-0.15, -0.1) is 0 Å². The van der Waals surface area contributed by atoms with Crippen molar-refractivity contribution in [3.63, 3.8) is 0 Å². The van der Waals surface area contributed by atoms with Crippen molar-refractivity contribution < 1.29 is 22.7 Å². The molecule has 2 saturated heterocycles. The maximum absolute atomic E-state index is 12.8. The lowest BCUT2D eigenvalue weighted by Gasteiger charge is -2.48. The summed E-state index contributed by atoms with van der Waals surface area (Å²) < 4.78 is 29.2. The van der Waals surface area contributed by atoms with Crippen LogP contribution in [0.5, 0.6) is 0 Å². The Hall–Kier alpha value is -2.79. The number of hydrogen-bond donors (Lipinski definition) is 4. The highest BCUT2D eigenvalue weighted by molar-refractivity contribution is 7.87. The molecule has 0 saturated carbocycles. The van der Waals surface area contributed by atoms with Gasteiger partial charge >= 0.3 is 5.97 Å². The van der Waals surface area contributed by atoms with Crippen molar-refractivity contribution in [2.45, 2.75) is 44.3 Å². The van der Waals surface area contributed by atoms with Gasteiger partial charge in [-0.25, -0.2) is 24.6 Å². The van der Waals surface area contributed by atoms with Gasteiger partial charge in [0.2, 0.25) is 0 Å². The third-order valence-electron chi connectivity index (χ3n) is 8.03. The summed E-state index contributed by atoms with van der Waals surface area (Å²) >= 11 is 12.6. The van der Waals surface area contributed by atoms with Crippen LogP contribution in [0.25, 0.3) is 0 Å². The summed E-state index contributed by atoms with van der Waals surface area (Å²) in [5.74, 6) is -0.586. The van der Waals surface area contributed by atoms with Crippen molar-refractivity contribution in [2.75, 3.05) is 63.6 Å². The average molecular weight is 673 g/mol. The molecule has 0 radical (unpaired) electrons. The molecule has 2 aliphatic rings. The van der Waals surface area contributed by atoms with Gasteiger partial charge in [-0.3, -0.25) is 14.6 Å². The first-order valence-corrected chi connectivity index (χ1v) is 16.7. The van der Waals surface area contributed by atoms with Gasteiger partial charge in [0.25, 0.3) is 16.1 Å². The van der Waals surface area contributed by atoms with Crippen LogP contribution in [-0.2, 0) is 19.7 Å². The number of amides is 1. The number of nitrogens with two attached hydrogens (primary N) is 2. The molecular formula is C27H39Cl2N9O5S. The summed E-state index contributed by atoms with van der Waals surface area (Å²) in [7, 11) is -2.46. The van der Waals surface area contributed by atoms with Gasteiger partial charge in [-0.2, -0.15) is 8.42 Å². The third kappa shape index (κ3) is 8.47. The van der Waals surface area contributed by atoms with Gasteiger partial charge in [0.1, 0.15) is 6.04 Å². The Morgan fingerprint density at radius 1 is 1.09 bits per heavy atom. The molecule has 1 aromatic heterocycles. The molecule has 2 aromatic rings. The summed E-state index contributed by atoms with van der Waals surface area (Å²) in [5.41, 5.74) is 6.81. The van der Waals surface area contributed by atoms with E-state index in [1.54, 1.807) is 12.1 Å². The molecule has 17 heteroatoms. The molecule has 1 aromatic carbocycles. The lowest BCUT2D eigenvalue weighted by atomic mass is 9.95. The minimum absolute atomic E-state index is 0.0285. The number of halogens is 2. The van der Waals surface area contributed by atoms with Crippen LogP contribution in [0.15, 0.2) is 24.3 Å². The standard InChI is InChI=1S/C27H39Cl2N9O5S/c1-3-19-16-37(25-23(29)34-21(24(30)35-25)26(39)32-10-11-33-44(31,41)42)14-15-38(19)20-8-12-36(13-9-20)22(27(40)43-2)17-4-6-18(28)7-5-17/h4-7,19-20,22,33H,3,8-16H2,1-2H3,(H2,30,35)(H,32,39)(H2,31,41,42)/t19-,22+/m0/s1. The molecule has 0 unspecified atom stereocenters. The zero-order valence-corrected chi connectivity index (χ0v) is 27.0. The quantitative estimate of drug-likeness (QED) is 0.198. The first-order chi connectivity index (χ1) is 20.9. The molecule has 14 nitrogen and oxygen atoms in total. The highest BCUT2D eigenvalue weighted by Crippen LogP contribution is 2.32. The monoisotopic (exact) mass is 671 g/mol. The smallest absolute Gasteiger partial charge is 0.327 e. The Bertz CT molecular complexity index is 1430. The predicted molar refractivity (Wildman–Crippen MR) is 169 cm³/mol. The molecule has 2 atom stereocenters. The number of nitrogen functional groups attached to an aromatic ring is 1. The number of piperidine rings is 1. The van der Waals surface area contributed by atoms with Gasteiger partial charge in [0.15, 0.2) is 22.5 Å². The van der Waals surface area contributed by atoms with Crippen LogP contribution in [0.1, 0.15) is 48.3 Å². The predicted octanol–water partition coefficient (Wildman–Crippen LogP) is 1.17. The molecule has 4 rings (SSSR count). The Labute approximate surface area is 267 Å². The molecule has 44 heavy (non-hydrogen) atoms. The van der Waals surface area contributed by atoms with Crippen molar-refractivity contribution in [2.24, 2.45) is 5.14 Å². The summed E-state index contributed by atoms with van der Waals surface area (Å²) in [6, 6.07) is 7.41. The van der Waals surface area contributed by atoms with E-state index in [0.29, 0.717) is 30.0 Å². The van der Waals surface area contributed by atoms with Gasteiger partial charge in [-0.1, -0.05) is 42.3 Å². The number of benzene rings is 1. The third-order valence-corrected chi connectivity index (χ3v) is 9.15. The Kier molecular flexibility index (Phi) is 11.6. The molecular weight excluding hydrogens is 633 g/mol. The Morgan fingerprint density at radius 3 is 2.39 bits per heavy atom. The number of rotatable bonds is 11. The van der Waals surface area contributed by atoms with Crippen molar-refractivity contribution in [3.8, 4) is 0 Å². The number of nitrogens with zero attached hydrogens (tertiary/aromatic N) is 5. The number of carbonyl (C=O) groups excluding carboxylic acids is 2. The van der Waals surface area contributed by atoms with Crippen LogP contribution in [-0.4, -0.2) is 105 Å². The molecule has 242 valence electrons. The second kappa shape index (κ2) is 15.0. The van der Waals surface area contributed by atoms with Crippen LogP contribution in [0.3, 0.4) is 0 Å². The van der Waals surface area contributed by atoms with Gasteiger partial charge < -0.3 is 20.7 Å². The topological polar surface area (TPSA) is 189 Å². The van der Waals surface area contributed by atoms with Crippen molar-refractivity contribution in [3.05, 3.63) is 45.7 Å². The first-order valence-electron chi connectivity index (χ1n) is 14.4. The highest BCUT2D eigenvalue weighted by Gasteiger charge is 2.37. The fraction of sp³-hybridized carbons (Fsp3) is 0.556. The SMILES string of the molecule is CC[C@H]1CN(c2nc(N)c(C(=O)NCCNS(N)(=O)=O)nc2Cl)CCN1C1CCN([C@@H](C(=O)OC)c2ccc(Cl)cc2)CC1. The van der Waals surface area contributed by atoms with E-state index < -0.39 is 22.2 Å². The number of nitrogens with one attached hydrogen (secondary N) is 2. The summed E-state index contributed by atoms with van der Waals surface area (Å²) in [6.07, 6.45) is 2.71. The molecule has 0 bridgehead atoms. The molecule has 3 heterocycles. The number of carbonyl (C=O) groups is 2. The number of esters is 1. The van der Waals surface area contributed by atoms with Gasteiger partial charge in [-0.05, 0) is 37.0 Å². The summed E-state index contributed by atoms with van der Waals surface area (Å²) in [6.45, 7) is 5.59. The highest BCUT2D eigenvalue weighted by atomic mass is 35.5. The van der Waals surface area contributed by atoms with E-state index in [9.17, 15) is 18.0 Å². The zero-order chi connectivity index (χ0) is 32.0. The lowest BCUT2D eigenvalue weighted by Crippen LogP contribution is -2.59. The van der Waals surface area contributed by atoms with E-state index in [4.69, 9.17) is 38.8 Å². The molecule has 6 N–H and O–H groups in total. The van der Waals surface area contributed by atoms with E-state index in [-0.39, 0.29) is 41.8 Å². The fourth-order valence-corrected chi connectivity index (χ4v) is 6.63. The maximum atomic E-state index is 12.8. The Morgan fingerprint density at radius 2 is 1.77 bits per heavy atom. The first kappa shape index (κ1) is 34.1. The van der Waals surface area contributed by atoms with Crippen molar-refractivity contribution >= 4 is 56.9 Å². The van der Waals surface area contributed by atoms with Crippen molar-refractivity contribution in [1.82, 2.24) is 29.8 Å². The van der Waals surface area contributed by atoms with E-state index in [1.165, 1.54) is 7.11 Å². The largest absolute Gasteiger partial charge is 0.468 e. The number of anilines is 2. The number of piperazine rings is 1. The van der Waals surface area contributed by atoms with Crippen LogP contribution in [0, 0.1) is 0 Å². The van der Waals surface area contributed by atoms with E-state index >= 15 is 0 Å². The number of aromatic nitrogens is 2. The molecule has 0 spiro atoms. The fourth-order valence-electron chi connectivity index (χ4n) is 5.87. The van der Waals surface area contributed by atoms with E-state index in [1.807, 2.05) is 17.0 Å². The zero-order valence-electron chi connectivity index (χ0n) is 24.7. The Balaban J connectivity index is 1.37. The number of methoxy groups -OCH3 is 1. The van der Waals surface area contributed by atoms with Crippen LogP contribution < -0.4 is 25.8 Å². The van der Waals surface area contributed by atoms with Crippen LogP contribution in [0.2, 0.25) is 10.2 Å². The minimum Gasteiger partial charge on any atom is -0.468 e. The molecule has 0 aliphatic carbocycles. The second-order valence-corrected chi connectivity index (χ2v) is 12.9. The average Bonchev–Trinajstić information content (AvgIpc) is 3.00. The molecule has 2 fully saturated rings. The van der Waals surface area contributed by atoms with E-state index in [2.05, 4.69) is 36.7 Å². The van der Waals surface area contributed by atoms with Crippen molar-refractivity contribution in [1.29, 1.82) is 0 Å². The summed E-state index contributed by atoms with van der Waals surface area (Å²) in [5, 5.41) is 8.06. The number of likely N-dealkylation sites (tertiary alicyclic amines) is 1. The number of hydrogen-bond acceptors (Lipinski definition) is 11. The minimum atomic E-state index is -3.87. The van der Waals surface area contributed by atoms with Crippen LogP contribution >= 0.6 is 23.2 Å². The maximum Gasteiger partial charge on any atom is 0.327 e. The number of ether oxygens (including phenoxy) is 1. The van der Waals surface area contributed by atoms with Crippen LogP contribution in [0.4, 0.5) is 11.6 Å². The molecule has 2 aliphatic heterocycles.